The highest BCUT2D eigenvalue weighted by Gasteiger charge is 2.11. The molecule has 0 aliphatic heterocycles. The van der Waals surface area contributed by atoms with E-state index in [-0.39, 0.29) is 12.5 Å². The van der Waals surface area contributed by atoms with Crippen molar-refractivity contribution in [3.63, 3.8) is 0 Å². The van der Waals surface area contributed by atoms with Gasteiger partial charge in [-0.05, 0) is 44.2 Å². The summed E-state index contributed by atoms with van der Waals surface area (Å²) in [5.41, 5.74) is 2.15. The number of guanidine groups is 1. The van der Waals surface area contributed by atoms with Crippen LogP contribution in [0.5, 0.6) is 0 Å². The number of anilines is 2. The zero-order valence-corrected chi connectivity index (χ0v) is 16.9. The molecule has 28 heavy (non-hydrogen) atoms. The third-order valence-corrected chi connectivity index (χ3v) is 3.72. The number of rotatable bonds is 6. The maximum absolute atomic E-state index is 12.3. The number of aromatic nitrogens is 2. The van der Waals surface area contributed by atoms with Crippen LogP contribution in [-0.4, -0.2) is 49.0 Å². The topological polar surface area (TPSA) is 110 Å². The minimum Gasteiger partial charge on any atom is -0.354 e. The number of hydrogen-bond acceptors (Lipinski definition) is 6. The van der Waals surface area contributed by atoms with Crippen LogP contribution in [0, 0.1) is 13.8 Å². The molecule has 0 saturated heterocycles. The first-order chi connectivity index (χ1) is 13.4. The number of ether oxygens (including phenoxy) is 2. The first kappa shape index (κ1) is 21.5. The number of benzene rings is 1. The van der Waals surface area contributed by atoms with E-state index in [9.17, 15) is 4.79 Å². The van der Waals surface area contributed by atoms with Crippen LogP contribution < -0.4 is 16.0 Å². The van der Waals surface area contributed by atoms with Crippen molar-refractivity contribution in [1.82, 2.24) is 15.3 Å². The molecule has 0 aliphatic rings. The van der Waals surface area contributed by atoms with Gasteiger partial charge in [-0.3, -0.25) is 10.6 Å². The minimum absolute atomic E-state index is 0.149. The van der Waals surface area contributed by atoms with Gasteiger partial charge in [0.2, 0.25) is 11.9 Å². The van der Waals surface area contributed by atoms with E-state index in [1.165, 1.54) is 14.2 Å². The molecule has 2 amide bonds. The fourth-order valence-corrected chi connectivity index (χ4v) is 2.34. The van der Waals surface area contributed by atoms with E-state index in [4.69, 9.17) is 21.1 Å². The molecule has 2 rings (SSSR count). The van der Waals surface area contributed by atoms with Crippen LogP contribution in [0.2, 0.25) is 5.02 Å². The molecular formula is C18H23ClN6O3. The van der Waals surface area contributed by atoms with Crippen molar-refractivity contribution in [2.75, 3.05) is 31.4 Å². The summed E-state index contributed by atoms with van der Waals surface area (Å²) >= 11 is 5.85. The predicted molar refractivity (Wildman–Crippen MR) is 109 cm³/mol. The molecule has 0 spiro atoms. The second kappa shape index (κ2) is 10.5. The molecule has 9 nitrogen and oxygen atoms in total. The highest BCUT2D eigenvalue weighted by atomic mass is 35.5. The third-order valence-electron chi connectivity index (χ3n) is 3.47. The monoisotopic (exact) mass is 406 g/mol. The molecule has 1 aromatic carbocycles. The fourth-order valence-electron chi connectivity index (χ4n) is 2.21. The van der Waals surface area contributed by atoms with Gasteiger partial charge < -0.3 is 14.8 Å². The molecular weight excluding hydrogens is 384 g/mol. The summed E-state index contributed by atoms with van der Waals surface area (Å²) in [7, 11) is 3.01. The van der Waals surface area contributed by atoms with Gasteiger partial charge in [-0.2, -0.15) is 0 Å². The van der Waals surface area contributed by atoms with Gasteiger partial charge >= 0.3 is 6.03 Å². The smallest absolute Gasteiger partial charge is 0.326 e. The summed E-state index contributed by atoms with van der Waals surface area (Å²) in [6, 6.07) is 8.07. The first-order valence-corrected chi connectivity index (χ1v) is 8.80. The first-order valence-electron chi connectivity index (χ1n) is 8.42. The fraction of sp³-hybridized carbons (Fsp3) is 0.333. The van der Waals surface area contributed by atoms with E-state index in [0.717, 1.165) is 11.4 Å². The van der Waals surface area contributed by atoms with Gasteiger partial charge in [0.05, 0.1) is 6.54 Å². The van der Waals surface area contributed by atoms with Crippen molar-refractivity contribution < 1.29 is 14.3 Å². The zero-order valence-electron chi connectivity index (χ0n) is 16.1. The molecule has 150 valence electrons. The highest BCUT2D eigenvalue weighted by molar-refractivity contribution is 6.30. The predicted octanol–water partition coefficient (Wildman–Crippen LogP) is 2.96. The Balaban J connectivity index is 2.13. The van der Waals surface area contributed by atoms with Gasteiger partial charge in [0, 0.05) is 36.3 Å². The maximum atomic E-state index is 12.3. The van der Waals surface area contributed by atoms with Crippen LogP contribution in [0.1, 0.15) is 11.4 Å². The highest BCUT2D eigenvalue weighted by Crippen LogP contribution is 2.13. The number of amides is 2. The van der Waals surface area contributed by atoms with Gasteiger partial charge in [0.15, 0.2) is 6.29 Å². The number of methoxy groups -OCH3 is 2. The van der Waals surface area contributed by atoms with Crippen LogP contribution in [0.4, 0.5) is 16.4 Å². The molecule has 0 bridgehead atoms. The van der Waals surface area contributed by atoms with Gasteiger partial charge in [0.25, 0.3) is 0 Å². The maximum Gasteiger partial charge on any atom is 0.326 e. The normalized spacial score (nSPS) is 11.4. The molecule has 3 N–H and O–H groups in total. The molecule has 1 heterocycles. The van der Waals surface area contributed by atoms with Crippen LogP contribution in [0.15, 0.2) is 35.3 Å². The summed E-state index contributed by atoms with van der Waals surface area (Å²) in [5, 5.41) is 8.82. The lowest BCUT2D eigenvalue weighted by atomic mass is 10.3. The molecule has 2 aromatic rings. The van der Waals surface area contributed by atoms with Crippen molar-refractivity contribution in [2.24, 2.45) is 4.99 Å². The van der Waals surface area contributed by atoms with Crippen molar-refractivity contribution in [2.45, 2.75) is 20.1 Å². The van der Waals surface area contributed by atoms with Gasteiger partial charge in [-0.1, -0.05) is 11.6 Å². The second-order valence-corrected chi connectivity index (χ2v) is 6.21. The Morgan fingerprint density at radius 3 is 2.29 bits per heavy atom. The SMILES string of the molecule is COC(CN=C(NC(=O)Nc1ccc(Cl)cc1)Nc1nc(C)cc(C)n1)OC. The average Bonchev–Trinajstić information content (AvgIpc) is 2.63. The molecule has 1 aromatic heterocycles. The summed E-state index contributed by atoms with van der Waals surface area (Å²) < 4.78 is 10.2. The molecule has 0 unspecified atom stereocenters. The summed E-state index contributed by atoms with van der Waals surface area (Å²) in [6.07, 6.45) is -0.557. The van der Waals surface area contributed by atoms with Crippen molar-refractivity contribution in [3.8, 4) is 0 Å². The number of carbonyl (C=O) groups excluding carboxylic acids is 1. The quantitative estimate of drug-likeness (QED) is 0.386. The van der Waals surface area contributed by atoms with Gasteiger partial charge in [0.1, 0.15) is 0 Å². The Bertz CT molecular complexity index is 804. The number of urea groups is 1. The Labute approximate surface area is 168 Å². The van der Waals surface area contributed by atoms with E-state index in [2.05, 4.69) is 30.9 Å². The number of hydrogen-bond donors (Lipinski definition) is 3. The molecule has 0 radical (unpaired) electrons. The zero-order chi connectivity index (χ0) is 20.5. The van der Waals surface area contributed by atoms with E-state index < -0.39 is 12.3 Å². The number of aliphatic imine (C=N–C) groups is 1. The number of nitrogens with zero attached hydrogens (tertiary/aromatic N) is 3. The van der Waals surface area contributed by atoms with E-state index in [1.807, 2.05) is 19.9 Å². The Morgan fingerprint density at radius 1 is 1.11 bits per heavy atom. The van der Waals surface area contributed by atoms with Crippen LogP contribution in [-0.2, 0) is 9.47 Å². The number of nitrogens with one attached hydrogen (secondary N) is 3. The van der Waals surface area contributed by atoms with E-state index in [0.29, 0.717) is 16.7 Å². The Morgan fingerprint density at radius 2 is 1.71 bits per heavy atom. The number of carbonyl (C=O) groups is 1. The molecule has 0 atom stereocenters. The van der Waals surface area contributed by atoms with E-state index >= 15 is 0 Å². The van der Waals surface area contributed by atoms with E-state index in [1.54, 1.807) is 24.3 Å². The Kier molecular flexibility index (Phi) is 8.12. The molecule has 0 saturated carbocycles. The Hall–Kier alpha value is -2.75. The number of halogens is 1. The minimum atomic E-state index is -0.557. The van der Waals surface area contributed by atoms with Gasteiger partial charge in [-0.25, -0.2) is 19.8 Å². The van der Waals surface area contributed by atoms with Gasteiger partial charge in [-0.15, -0.1) is 0 Å². The summed E-state index contributed by atoms with van der Waals surface area (Å²) in [6.45, 7) is 3.85. The van der Waals surface area contributed by atoms with Crippen LogP contribution in [0.25, 0.3) is 0 Å². The molecule has 10 heteroatoms. The lowest BCUT2D eigenvalue weighted by Gasteiger charge is -2.14. The van der Waals surface area contributed by atoms with Crippen molar-refractivity contribution in [1.29, 1.82) is 0 Å². The summed E-state index contributed by atoms with van der Waals surface area (Å²) in [5.74, 6) is 0.463. The largest absolute Gasteiger partial charge is 0.354 e. The third kappa shape index (κ3) is 7.10. The second-order valence-electron chi connectivity index (χ2n) is 5.78. The molecule has 0 aliphatic carbocycles. The average molecular weight is 407 g/mol. The van der Waals surface area contributed by atoms with Crippen LogP contribution in [0.3, 0.4) is 0 Å². The van der Waals surface area contributed by atoms with Crippen LogP contribution >= 0.6 is 11.6 Å². The summed E-state index contributed by atoms with van der Waals surface area (Å²) in [4.78, 5) is 25.2. The number of aryl methyl sites for hydroxylation is 2. The standard InChI is InChI=1S/C18H23ClN6O3/c1-11-9-12(2)22-17(21-11)24-16(20-10-15(27-3)28-4)25-18(26)23-14-7-5-13(19)6-8-14/h5-9,15H,10H2,1-4H3,(H3,20,21,22,23,24,25,26). The van der Waals surface area contributed by atoms with Crippen molar-refractivity contribution >= 4 is 35.2 Å². The lowest BCUT2D eigenvalue weighted by Crippen LogP contribution is -2.40. The lowest BCUT2D eigenvalue weighted by molar-refractivity contribution is -0.0937. The molecule has 0 fully saturated rings. The van der Waals surface area contributed by atoms with Crippen molar-refractivity contribution in [3.05, 3.63) is 46.7 Å².